The van der Waals surface area contributed by atoms with Crippen molar-refractivity contribution < 1.29 is 13.2 Å². The zero-order chi connectivity index (χ0) is 12.5. The lowest BCUT2D eigenvalue weighted by Gasteiger charge is -2.06. The Labute approximate surface area is 99.3 Å². The van der Waals surface area contributed by atoms with Crippen molar-refractivity contribution in [3.05, 3.63) is 40.4 Å². The van der Waals surface area contributed by atoms with E-state index in [1.54, 1.807) is 0 Å². The molecule has 0 amide bonds. The summed E-state index contributed by atoms with van der Waals surface area (Å²) in [5.74, 6) is 0.192. The fourth-order valence-electron chi connectivity index (χ4n) is 1.33. The Morgan fingerprint density at radius 3 is 2.29 bits per heavy atom. The van der Waals surface area contributed by atoms with E-state index in [2.05, 4.69) is 9.36 Å². The van der Waals surface area contributed by atoms with Crippen LogP contribution in [0.25, 0.3) is 0 Å². The fourth-order valence-corrected chi connectivity index (χ4v) is 1.93. The van der Waals surface area contributed by atoms with E-state index in [-0.39, 0.29) is 5.95 Å². The Morgan fingerprint density at radius 1 is 1.18 bits per heavy atom. The molecule has 0 aliphatic heterocycles. The SMILES string of the molecule is Nc1nsc(Cc2ccc(C(F)(F)F)cc2)n1. The summed E-state index contributed by atoms with van der Waals surface area (Å²) in [7, 11) is 0. The van der Waals surface area contributed by atoms with Crippen LogP contribution in [0.5, 0.6) is 0 Å². The van der Waals surface area contributed by atoms with E-state index in [0.29, 0.717) is 11.4 Å². The van der Waals surface area contributed by atoms with Crippen molar-refractivity contribution in [1.29, 1.82) is 0 Å². The molecule has 0 aliphatic carbocycles. The van der Waals surface area contributed by atoms with E-state index in [1.165, 1.54) is 12.1 Å². The molecule has 0 unspecified atom stereocenters. The van der Waals surface area contributed by atoms with Crippen LogP contribution in [0.3, 0.4) is 0 Å². The van der Waals surface area contributed by atoms with Crippen LogP contribution < -0.4 is 5.73 Å². The molecule has 0 aliphatic rings. The minimum atomic E-state index is -4.30. The van der Waals surface area contributed by atoms with Crippen molar-refractivity contribution in [2.24, 2.45) is 0 Å². The molecule has 0 spiro atoms. The van der Waals surface area contributed by atoms with E-state index in [4.69, 9.17) is 5.73 Å². The third-order valence-corrected chi connectivity index (χ3v) is 2.85. The highest BCUT2D eigenvalue weighted by Crippen LogP contribution is 2.29. The second-order valence-corrected chi connectivity index (χ2v) is 4.25. The van der Waals surface area contributed by atoms with Gasteiger partial charge in [-0.2, -0.15) is 17.5 Å². The zero-order valence-electron chi connectivity index (χ0n) is 8.53. The lowest BCUT2D eigenvalue weighted by atomic mass is 10.1. The first-order chi connectivity index (χ1) is 7.95. The van der Waals surface area contributed by atoms with E-state index in [9.17, 15) is 13.2 Å². The van der Waals surface area contributed by atoms with Crippen LogP contribution in [0.4, 0.5) is 19.1 Å². The molecule has 0 fully saturated rings. The van der Waals surface area contributed by atoms with Gasteiger partial charge < -0.3 is 5.73 Å². The summed E-state index contributed by atoms with van der Waals surface area (Å²) in [5, 5.41) is 0.683. The molecule has 1 aromatic carbocycles. The lowest BCUT2D eigenvalue weighted by molar-refractivity contribution is -0.137. The number of benzene rings is 1. The largest absolute Gasteiger partial charge is 0.416 e. The van der Waals surface area contributed by atoms with Gasteiger partial charge in [0.15, 0.2) is 0 Å². The monoisotopic (exact) mass is 259 g/mol. The highest BCUT2D eigenvalue weighted by Gasteiger charge is 2.29. The number of nitrogens with zero attached hydrogens (tertiary/aromatic N) is 2. The maximum Gasteiger partial charge on any atom is 0.416 e. The van der Waals surface area contributed by atoms with Gasteiger partial charge in [0.1, 0.15) is 5.01 Å². The first-order valence-electron chi connectivity index (χ1n) is 4.69. The second kappa shape index (κ2) is 4.33. The molecule has 1 aromatic heterocycles. The topological polar surface area (TPSA) is 51.8 Å². The Hall–Kier alpha value is -1.63. The smallest absolute Gasteiger partial charge is 0.367 e. The van der Waals surface area contributed by atoms with Gasteiger partial charge in [-0.3, -0.25) is 0 Å². The highest BCUT2D eigenvalue weighted by atomic mass is 32.1. The van der Waals surface area contributed by atoms with Crippen LogP contribution in [0.15, 0.2) is 24.3 Å². The van der Waals surface area contributed by atoms with Crippen LogP contribution in [0.2, 0.25) is 0 Å². The molecule has 3 nitrogen and oxygen atoms in total. The molecule has 0 radical (unpaired) electrons. The number of halogens is 3. The number of nitrogens with two attached hydrogens (primary N) is 1. The van der Waals surface area contributed by atoms with Crippen LogP contribution in [-0.2, 0) is 12.6 Å². The Kier molecular flexibility index (Phi) is 3.01. The molecule has 2 aromatic rings. The van der Waals surface area contributed by atoms with Gasteiger partial charge in [-0.1, -0.05) is 12.1 Å². The standard InChI is InChI=1S/C10H8F3N3S/c11-10(12,13)7-3-1-6(2-4-7)5-8-15-9(14)16-17-8/h1-4H,5H2,(H2,14,16). The minimum absolute atomic E-state index is 0.192. The fraction of sp³-hybridized carbons (Fsp3) is 0.200. The van der Waals surface area contributed by atoms with Crippen molar-refractivity contribution in [3.63, 3.8) is 0 Å². The molecule has 0 saturated carbocycles. The molecule has 90 valence electrons. The molecular formula is C10H8F3N3S. The van der Waals surface area contributed by atoms with Crippen molar-refractivity contribution in [2.45, 2.75) is 12.6 Å². The summed E-state index contributed by atoms with van der Waals surface area (Å²) in [6.45, 7) is 0. The summed E-state index contributed by atoms with van der Waals surface area (Å²) in [6, 6.07) is 4.97. The average molecular weight is 259 g/mol. The number of hydrogen-bond donors (Lipinski definition) is 1. The molecule has 1 heterocycles. The van der Waals surface area contributed by atoms with Crippen molar-refractivity contribution in [1.82, 2.24) is 9.36 Å². The molecule has 0 bridgehead atoms. The van der Waals surface area contributed by atoms with Crippen LogP contribution in [0.1, 0.15) is 16.1 Å². The van der Waals surface area contributed by atoms with Crippen LogP contribution >= 0.6 is 11.5 Å². The Balaban J connectivity index is 2.13. The summed E-state index contributed by atoms with van der Waals surface area (Å²) in [6.07, 6.45) is -3.86. The van der Waals surface area contributed by atoms with Crippen molar-refractivity contribution >= 4 is 17.5 Å². The highest BCUT2D eigenvalue weighted by molar-refractivity contribution is 7.05. The molecule has 2 N–H and O–H groups in total. The Bertz CT molecular complexity index is 504. The first-order valence-corrected chi connectivity index (χ1v) is 5.47. The normalized spacial score (nSPS) is 11.7. The molecule has 7 heteroatoms. The van der Waals surface area contributed by atoms with Crippen molar-refractivity contribution in [2.75, 3.05) is 5.73 Å². The van der Waals surface area contributed by atoms with E-state index in [0.717, 1.165) is 29.2 Å². The molecule has 2 rings (SSSR count). The zero-order valence-corrected chi connectivity index (χ0v) is 9.35. The van der Waals surface area contributed by atoms with Crippen LogP contribution in [-0.4, -0.2) is 9.36 Å². The predicted octanol–water partition coefficient (Wildman–Crippen LogP) is 2.73. The van der Waals surface area contributed by atoms with Gasteiger partial charge in [-0.15, -0.1) is 0 Å². The maximum atomic E-state index is 12.3. The first kappa shape index (κ1) is 11.8. The summed E-state index contributed by atoms with van der Waals surface area (Å²) < 4.78 is 40.7. The third-order valence-electron chi connectivity index (χ3n) is 2.12. The average Bonchev–Trinajstić information content (AvgIpc) is 2.63. The summed E-state index contributed by atoms with van der Waals surface area (Å²) in [4.78, 5) is 3.94. The Morgan fingerprint density at radius 2 is 1.82 bits per heavy atom. The van der Waals surface area contributed by atoms with Crippen molar-refractivity contribution in [3.8, 4) is 0 Å². The number of hydrogen-bond acceptors (Lipinski definition) is 4. The van der Waals surface area contributed by atoms with E-state index >= 15 is 0 Å². The van der Waals surface area contributed by atoms with E-state index < -0.39 is 11.7 Å². The number of alkyl halides is 3. The van der Waals surface area contributed by atoms with Gasteiger partial charge in [0.25, 0.3) is 0 Å². The molecule has 0 saturated heterocycles. The number of rotatable bonds is 2. The van der Waals surface area contributed by atoms with E-state index in [1.807, 2.05) is 0 Å². The summed E-state index contributed by atoms with van der Waals surface area (Å²) >= 11 is 1.15. The molecule has 17 heavy (non-hydrogen) atoms. The number of anilines is 1. The van der Waals surface area contributed by atoms with Gasteiger partial charge in [0, 0.05) is 6.42 Å². The summed E-state index contributed by atoms with van der Waals surface area (Å²) in [5.41, 5.74) is 5.44. The van der Waals surface area contributed by atoms with Gasteiger partial charge >= 0.3 is 6.18 Å². The van der Waals surface area contributed by atoms with Gasteiger partial charge in [0.05, 0.1) is 5.56 Å². The number of aromatic nitrogens is 2. The predicted molar refractivity (Wildman–Crippen MR) is 58.6 cm³/mol. The maximum absolute atomic E-state index is 12.3. The van der Waals surface area contributed by atoms with Gasteiger partial charge in [-0.05, 0) is 29.2 Å². The molecule has 0 atom stereocenters. The minimum Gasteiger partial charge on any atom is -0.367 e. The molecular weight excluding hydrogens is 251 g/mol. The van der Waals surface area contributed by atoms with Gasteiger partial charge in [0.2, 0.25) is 5.95 Å². The van der Waals surface area contributed by atoms with Crippen LogP contribution in [0, 0.1) is 0 Å². The third kappa shape index (κ3) is 2.94. The quantitative estimate of drug-likeness (QED) is 0.902. The van der Waals surface area contributed by atoms with Gasteiger partial charge in [-0.25, -0.2) is 4.98 Å². The second-order valence-electron chi connectivity index (χ2n) is 3.42. The number of nitrogen functional groups attached to an aromatic ring is 1. The lowest BCUT2D eigenvalue weighted by Crippen LogP contribution is -2.04.